The van der Waals surface area contributed by atoms with Crippen LogP contribution in [-0.4, -0.2) is 11.1 Å². The molecule has 1 N–H and O–H groups in total. The third-order valence-electron chi connectivity index (χ3n) is 2.51. The van der Waals surface area contributed by atoms with Crippen molar-refractivity contribution in [1.29, 1.82) is 0 Å². The van der Waals surface area contributed by atoms with E-state index in [0.717, 1.165) is 32.0 Å². The first kappa shape index (κ1) is 12.5. The number of aliphatic carboxylic acids is 1. The summed E-state index contributed by atoms with van der Waals surface area (Å²) in [4.78, 5) is 10.8. The largest absolute Gasteiger partial charge is 0.481 e. The molecule has 0 heterocycles. The van der Waals surface area contributed by atoms with E-state index in [1.807, 2.05) is 0 Å². The molecule has 0 unspecified atom stereocenters. The van der Waals surface area contributed by atoms with Gasteiger partial charge in [0.05, 0.1) is 0 Å². The standard InChI is InChI=1S/C11H11F3O2/c1-10(2,9(15)16)11(13,14)7-4-3-5-8(12)6-7/h3-6H,1-2H3,(H,15,16). The average molecular weight is 232 g/mol. The van der Waals surface area contributed by atoms with Crippen LogP contribution in [0.25, 0.3) is 0 Å². The molecular formula is C11H11F3O2. The normalized spacial score (nSPS) is 12.6. The summed E-state index contributed by atoms with van der Waals surface area (Å²) in [5.74, 6) is -6.10. The van der Waals surface area contributed by atoms with E-state index in [2.05, 4.69) is 0 Å². The molecule has 1 rings (SSSR count). The highest BCUT2D eigenvalue weighted by atomic mass is 19.3. The van der Waals surface area contributed by atoms with E-state index in [1.54, 1.807) is 0 Å². The molecule has 1 aromatic carbocycles. The first-order chi connectivity index (χ1) is 7.19. The maximum absolute atomic E-state index is 13.8. The van der Waals surface area contributed by atoms with Crippen LogP contribution in [-0.2, 0) is 10.7 Å². The van der Waals surface area contributed by atoms with Gasteiger partial charge in [-0.25, -0.2) is 13.2 Å². The molecule has 0 amide bonds. The maximum atomic E-state index is 13.8. The van der Waals surface area contributed by atoms with Gasteiger partial charge in [-0.1, -0.05) is 12.1 Å². The third-order valence-corrected chi connectivity index (χ3v) is 2.51. The predicted octanol–water partition coefficient (Wildman–Crippen LogP) is 3.03. The van der Waals surface area contributed by atoms with Crippen LogP contribution in [0.2, 0.25) is 0 Å². The minimum Gasteiger partial charge on any atom is -0.481 e. The van der Waals surface area contributed by atoms with E-state index in [4.69, 9.17) is 5.11 Å². The number of carboxylic acid groups (broad SMARTS) is 1. The van der Waals surface area contributed by atoms with Gasteiger partial charge in [-0.15, -0.1) is 0 Å². The van der Waals surface area contributed by atoms with Crippen molar-refractivity contribution in [3.8, 4) is 0 Å². The van der Waals surface area contributed by atoms with Crippen LogP contribution in [0.5, 0.6) is 0 Å². The highest BCUT2D eigenvalue weighted by Crippen LogP contribution is 2.44. The number of hydrogen-bond donors (Lipinski definition) is 1. The van der Waals surface area contributed by atoms with E-state index < -0.39 is 28.7 Å². The highest BCUT2D eigenvalue weighted by Gasteiger charge is 2.53. The van der Waals surface area contributed by atoms with Crippen LogP contribution >= 0.6 is 0 Å². The SMILES string of the molecule is CC(C)(C(=O)O)C(F)(F)c1cccc(F)c1. The number of carboxylic acids is 1. The molecule has 0 bridgehead atoms. The lowest BCUT2D eigenvalue weighted by Crippen LogP contribution is -2.40. The van der Waals surface area contributed by atoms with Crippen molar-refractivity contribution in [1.82, 2.24) is 0 Å². The zero-order valence-corrected chi connectivity index (χ0v) is 8.80. The fourth-order valence-electron chi connectivity index (χ4n) is 1.18. The van der Waals surface area contributed by atoms with Gasteiger partial charge >= 0.3 is 5.97 Å². The van der Waals surface area contributed by atoms with Crippen LogP contribution in [0.15, 0.2) is 24.3 Å². The maximum Gasteiger partial charge on any atom is 0.315 e. The molecule has 0 atom stereocenters. The molecule has 0 aromatic heterocycles. The number of hydrogen-bond acceptors (Lipinski definition) is 1. The molecule has 88 valence electrons. The van der Waals surface area contributed by atoms with Crippen LogP contribution in [0.4, 0.5) is 13.2 Å². The van der Waals surface area contributed by atoms with Crippen molar-refractivity contribution in [3.05, 3.63) is 35.6 Å². The second-order valence-electron chi connectivity index (χ2n) is 4.01. The topological polar surface area (TPSA) is 37.3 Å². The van der Waals surface area contributed by atoms with E-state index in [0.29, 0.717) is 6.07 Å². The van der Waals surface area contributed by atoms with Gasteiger partial charge in [-0.3, -0.25) is 4.79 Å². The van der Waals surface area contributed by atoms with Crippen LogP contribution in [0.3, 0.4) is 0 Å². The minimum atomic E-state index is -3.64. The van der Waals surface area contributed by atoms with Crippen LogP contribution < -0.4 is 0 Å². The minimum absolute atomic E-state index is 0.639. The highest BCUT2D eigenvalue weighted by molar-refractivity contribution is 5.75. The van der Waals surface area contributed by atoms with Gasteiger partial charge in [-0.2, -0.15) is 0 Å². The summed E-state index contributed by atoms with van der Waals surface area (Å²) in [6.45, 7) is 1.81. The lowest BCUT2D eigenvalue weighted by Gasteiger charge is -2.30. The van der Waals surface area contributed by atoms with Crippen molar-refractivity contribution >= 4 is 5.97 Å². The molecular weight excluding hydrogens is 221 g/mol. The number of alkyl halides is 2. The Morgan fingerprint density at radius 2 is 1.88 bits per heavy atom. The molecule has 0 saturated heterocycles. The van der Waals surface area contributed by atoms with Gasteiger partial charge in [0, 0.05) is 5.56 Å². The van der Waals surface area contributed by atoms with Gasteiger partial charge in [0.15, 0.2) is 0 Å². The number of halogens is 3. The summed E-state index contributed by atoms with van der Waals surface area (Å²) < 4.78 is 40.4. The summed E-state index contributed by atoms with van der Waals surface area (Å²) in [5, 5.41) is 8.73. The van der Waals surface area contributed by atoms with E-state index in [1.165, 1.54) is 0 Å². The fraction of sp³-hybridized carbons (Fsp3) is 0.364. The predicted molar refractivity (Wildman–Crippen MR) is 51.7 cm³/mol. The Bertz CT molecular complexity index is 413. The van der Waals surface area contributed by atoms with Crippen LogP contribution in [0, 0.1) is 11.2 Å². The van der Waals surface area contributed by atoms with Gasteiger partial charge in [0.25, 0.3) is 5.92 Å². The lowest BCUT2D eigenvalue weighted by molar-refractivity contribution is -0.175. The van der Waals surface area contributed by atoms with Crippen molar-refractivity contribution in [3.63, 3.8) is 0 Å². The smallest absolute Gasteiger partial charge is 0.315 e. The first-order valence-electron chi connectivity index (χ1n) is 4.57. The average Bonchev–Trinajstić information content (AvgIpc) is 2.17. The molecule has 5 heteroatoms. The van der Waals surface area contributed by atoms with Crippen molar-refractivity contribution < 1.29 is 23.1 Å². The first-order valence-corrected chi connectivity index (χ1v) is 4.57. The second-order valence-corrected chi connectivity index (χ2v) is 4.01. The van der Waals surface area contributed by atoms with Gasteiger partial charge in [-0.05, 0) is 26.0 Å². The molecule has 16 heavy (non-hydrogen) atoms. The molecule has 2 nitrogen and oxygen atoms in total. The van der Waals surface area contributed by atoms with Gasteiger partial charge in [0.2, 0.25) is 0 Å². The Kier molecular flexibility index (Phi) is 2.99. The molecule has 0 aliphatic heterocycles. The quantitative estimate of drug-likeness (QED) is 0.869. The van der Waals surface area contributed by atoms with Crippen molar-refractivity contribution in [2.24, 2.45) is 5.41 Å². The summed E-state index contributed by atoms with van der Waals surface area (Å²) in [6, 6.07) is 3.79. The van der Waals surface area contributed by atoms with Gasteiger partial charge < -0.3 is 5.11 Å². The third kappa shape index (κ3) is 1.89. The van der Waals surface area contributed by atoms with E-state index in [-0.39, 0.29) is 0 Å². The number of benzene rings is 1. The summed E-state index contributed by atoms with van der Waals surface area (Å²) >= 11 is 0. The van der Waals surface area contributed by atoms with Crippen LogP contribution in [0.1, 0.15) is 19.4 Å². The fourth-order valence-corrected chi connectivity index (χ4v) is 1.18. The second kappa shape index (κ2) is 3.81. The molecule has 1 aromatic rings. The van der Waals surface area contributed by atoms with E-state index in [9.17, 15) is 18.0 Å². The molecule has 0 spiro atoms. The summed E-state index contributed by atoms with van der Waals surface area (Å²) in [6.07, 6.45) is 0. The van der Waals surface area contributed by atoms with Crippen molar-refractivity contribution in [2.75, 3.05) is 0 Å². The van der Waals surface area contributed by atoms with E-state index >= 15 is 0 Å². The Labute approximate surface area is 90.7 Å². The number of carbonyl (C=O) groups is 1. The summed E-state index contributed by atoms with van der Waals surface area (Å²) in [5.41, 5.74) is -2.93. The monoisotopic (exact) mass is 232 g/mol. The Hall–Kier alpha value is -1.52. The van der Waals surface area contributed by atoms with Gasteiger partial charge in [0.1, 0.15) is 11.2 Å². The molecule has 0 aliphatic carbocycles. The Balaban J connectivity index is 3.26. The Morgan fingerprint density at radius 3 is 2.31 bits per heavy atom. The van der Waals surface area contributed by atoms with Crippen molar-refractivity contribution in [2.45, 2.75) is 19.8 Å². The number of rotatable bonds is 3. The lowest BCUT2D eigenvalue weighted by atomic mass is 9.81. The molecule has 0 aliphatic rings. The molecule has 0 saturated carbocycles. The molecule has 0 radical (unpaired) electrons. The zero-order valence-electron chi connectivity index (χ0n) is 8.80. The summed E-state index contributed by atoms with van der Waals surface area (Å²) in [7, 11) is 0. The Morgan fingerprint density at radius 1 is 1.31 bits per heavy atom. The zero-order chi connectivity index (χ0) is 12.6. The molecule has 0 fully saturated rings.